The molecule has 3 nitrogen and oxygen atoms in total. The third kappa shape index (κ3) is 4.26. The number of benzene rings is 1. The van der Waals surface area contributed by atoms with Crippen molar-refractivity contribution in [1.82, 2.24) is 0 Å². The fourth-order valence-corrected chi connectivity index (χ4v) is 2.35. The highest BCUT2D eigenvalue weighted by Crippen LogP contribution is 2.31. The van der Waals surface area contributed by atoms with Crippen LogP contribution in [0.25, 0.3) is 0 Å². The monoisotopic (exact) mass is 267 g/mol. The zero-order chi connectivity index (χ0) is 13.9. The van der Waals surface area contributed by atoms with Gasteiger partial charge >= 0.3 is 5.97 Å². The molecule has 18 heavy (non-hydrogen) atoms. The number of anilines is 1. The fraction of sp³-hybridized carbons (Fsp3) is 0.500. The van der Waals surface area contributed by atoms with Gasteiger partial charge in [-0.2, -0.15) is 0 Å². The average molecular weight is 267 g/mol. The van der Waals surface area contributed by atoms with E-state index in [2.05, 4.69) is 0 Å². The molecule has 4 heteroatoms. The maximum atomic E-state index is 11.9. The smallest absolute Gasteiger partial charge is 0.319 e. The minimum absolute atomic E-state index is 0.214. The Labute approximate surface area is 113 Å². The third-order valence-corrected chi connectivity index (χ3v) is 3.48. The molecule has 2 N–H and O–H groups in total. The van der Waals surface area contributed by atoms with E-state index in [-0.39, 0.29) is 11.2 Å². The van der Waals surface area contributed by atoms with E-state index in [9.17, 15) is 4.79 Å². The summed E-state index contributed by atoms with van der Waals surface area (Å²) in [5.74, 6) is -0.214. The van der Waals surface area contributed by atoms with Crippen LogP contribution in [0.4, 0.5) is 5.69 Å². The van der Waals surface area contributed by atoms with Gasteiger partial charge in [-0.1, -0.05) is 12.1 Å². The van der Waals surface area contributed by atoms with Crippen LogP contribution in [0.15, 0.2) is 23.1 Å². The average Bonchev–Trinajstić information content (AvgIpc) is 2.22. The molecule has 0 spiro atoms. The minimum Gasteiger partial charge on any atom is -0.459 e. The largest absolute Gasteiger partial charge is 0.459 e. The lowest BCUT2D eigenvalue weighted by molar-refractivity contribution is -0.153. The number of para-hydroxylation sites is 1. The van der Waals surface area contributed by atoms with Gasteiger partial charge in [0.05, 0.1) is 0 Å². The van der Waals surface area contributed by atoms with Crippen LogP contribution >= 0.6 is 11.8 Å². The van der Waals surface area contributed by atoms with Gasteiger partial charge in [-0.3, -0.25) is 4.79 Å². The van der Waals surface area contributed by atoms with Crippen molar-refractivity contribution in [2.75, 3.05) is 5.73 Å². The number of carbonyl (C=O) groups excluding carboxylic acids is 1. The van der Waals surface area contributed by atoms with E-state index in [1.807, 2.05) is 52.8 Å². The molecule has 0 radical (unpaired) electrons. The van der Waals surface area contributed by atoms with Crippen molar-refractivity contribution in [3.8, 4) is 0 Å². The molecule has 0 aliphatic rings. The van der Waals surface area contributed by atoms with E-state index < -0.39 is 5.60 Å². The van der Waals surface area contributed by atoms with Crippen LogP contribution < -0.4 is 5.73 Å². The summed E-state index contributed by atoms with van der Waals surface area (Å²) >= 11 is 1.43. The van der Waals surface area contributed by atoms with Gasteiger partial charge in [0.25, 0.3) is 0 Å². The van der Waals surface area contributed by atoms with Crippen molar-refractivity contribution >= 4 is 23.4 Å². The van der Waals surface area contributed by atoms with E-state index in [1.165, 1.54) is 11.8 Å². The predicted octanol–water partition coefficient (Wildman–Crippen LogP) is 3.40. The standard InChI is InChI=1S/C14H21NO2S/c1-9-7-6-8-11(12(9)15)18-10(2)13(16)17-14(3,4)5/h6-8,10H,15H2,1-5H3. The molecule has 0 amide bonds. The Morgan fingerprint density at radius 3 is 2.56 bits per heavy atom. The van der Waals surface area contributed by atoms with Crippen molar-refractivity contribution in [2.24, 2.45) is 0 Å². The molecule has 1 atom stereocenters. The van der Waals surface area contributed by atoms with E-state index in [1.54, 1.807) is 0 Å². The highest BCUT2D eigenvalue weighted by molar-refractivity contribution is 8.00. The lowest BCUT2D eigenvalue weighted by atomic mass is 10.2. The molecule has 0 heterocycles. The molecule has 0 aromatic heterocycles. The normalized spacial score (nSPS) is 13.2. The first-order chi connectivity index (χ1) is 8.20. The van der Waals surface area contributed by atoms with Gasteiger partial charge in [-0.05, 0) is 46.2 Å². The Bertz CT molecular complexity index is 438. The van der Waals surface area contributed by atoms with Crippen LogP contribution in [-0.4, -0.2) is 16.8 Å². The van der Waals surface area contributed by atoms with Gasteiger partial charge in [0.15, 0.2) is 0 Å². The van der Waals surface area contributed by atoms with Gasteiger partial charge in [-0.15, -0.1) is 11.8 Å². The number of ether oxygens (including phenoxy) is 1. The van der Waals surface area contributed by atoms with Gasteiger partial charge in [0, 0.05) is 10.6 Å². The second kappa shape index (κ2) is 5.65. The summed E-state index contributed by atoms with van der Waals surface area (Å²) in [6.45, 7) is 9.38. The van der Waals surface area contributed by atoms with Crippen molar-refractivity contribution in [3.05, 3.63) is 23.8 Å². The van der Waals surface area contributed by atoms with Crippen LogP contribution in [0.1, 0.15) is 33.3 Å². The summed E-state index contributed by atoms with van der Waals surface area (Å²) in [5, 5.41) is -0.270. The summed E-state index contributed by atoms with van der Waals surface area (Å²) in [6.07, 6.45) is 0. The molecular weight excluding hydrogens is 246 g/mol. The number of nitrogens with two attached hydrogens (primary N) is 1. The van der Waals surface area contributed by atoms with Crippen LogP contribution in [0, 0.1) is 6.92 Å². The number of rotatable bonds is 3. The van der Waals surface area contributed by atoms with Crippen LogP contribution in [0.3, 0.4) is 0 Å². The quantitative estimate of drug-likeness (QED) is 0.518. The molecule has 1 aromatic rings. The number of esters is 1. The van der Waals surface area contributed by atoms with Crippen molar-refractivity contribution in [1.29, 1.82) is 0 Å². The Hall–Kier alpha value is -1.16. The van der Waals surface area contributed by atoms with E-state index in [0.717, 1.165) is 16.1 Å². The molecule has 100 valence electrons. The maximum absolute atomic E-state index is 11.9. The van der Waals surface area contributed by atoms with Gasteiger partial charge in [0.1, 0.15) is 10.9 Å². The summed E-state index contributed by atoms with van der Waals surface area (Å²) in [7, 11) is 0. The first-order valence-electron chi connectivity index (χ1n) is 5.95. The third-order valence-electron chi connectivity index (χ3n) is 2.33. The summed E-state index contributed by atoms with van der Waals surface area (Å²) in [6, 6.07) is 5.82. The van der Waals surface area contributed by atoms with Gasteiger partial charge < -0.3 is 10.5 Å². The number of hydrogen-bond acceptors (Lipinski definition) is 4. The van der Waals surface area contributed by atoms with Crippen molar-refractivity contribution in [3.63, 3.8) is 0 Å². The molecule has 1 aromatic carbocycles. The molecular formula is C14H21NO2S. The van der Waals surface area contributed by atoms with Crippen molar-refractivity contribution in [2.45, 2.75) is 50.4 Å². The molecule has 0 aliphatic heterocycles. The zero-order valence-corrected chi connectivity index (χ0v) is 12.4. The van der Waals surface area contributed by atoms with Gasteiger partial charge in [-0.25, -0.2) is 0 Å². The molecule has 0 bridgehead atoms. The predicted molar refractivity (Wildman–Crippen MR) is 76.8 cm³/mol. The lowest BCUT2D eigenvalue weighted by Crippen LogP contribution is -2.28. The van der Waals surface area contributed by atoms with Crippen LogP contribution in [-0.2, 0) is 9.53 Å². The van der Waals surface area contributed by atoms with Crippen molar-refractivity contribution < 1.29 is 9.53 Å². The second-order valence-corrected chi connectivity index (χ2v) is 6.66. The summed E-state index contributed by atoms with van der Waals surface area (Å²) in [4.78, 5) is 12.8. The van der Waals surface area contributed by atoms with Crippen LogP contribution in [0.5, 0.6) is 0 Å². The summed E-state index contributed by atoms with van der Waals surface area (Å²) < 4.78 is 5.34. The highest BCUT2D eigenvalue weighted by atomic mass is 32.2. The molecule has 0 saturated heterocycles. The maximum Gasteiger partial charge on any atom is 0.319 e. The zero-order valence-electron chi connectivity index (χ0n) is 11.6. The molecule has 0 fully saturated rings. The fourth-order valence-electron chi connectivity index (χ4n) is 1.38. The molecule has 1 rings (SSSR count). The SMILES string of the molecule is Cc1cccc(SC(C)C(=O)OC(C)(C)C)c1N. The van der Waals surface area contributed by atoms with Gasteiger partial charge in [0.2, 0.25) is 0 Å². The molecule has 0 aliphatic carbocycles. The first kappa shape index (κ1) is 14.9. The second-order valence-electron chi connectivity index (χ2n) is 5.28. The Kier molecular flexibility index (Phi) is 4.68. The number of thioether (sulfide) groups is 1. The molecule has 0 saturated carbocycles. The Morgan fingerprint density at radius 2 is 2.00 bits per heavy atom. The minimum atomic E-state index is -0.454. The number of aryl methyl sites for hydroxylation is 1. The number of carbonyl (C=O) groups is 1. The van der Waals surface area contributed by atoms with E-state index in [0.29, 0.717) is 0 Å². The number of hydrogen-bond donors (Lipinski definition) is 1. The molecule has 1 unspecified atom stereocenters. The topological polar surface area (TPSA) is 52.3 Å². The van der Waals surface area contributed by atoms with E-state index in [4.69, 9.17) is 10.5 Å². The number of nitrogen functional groups attached to an aromatic ring is 1. The summed E-state index contributed by atoms with van der Waals surface area (Å²) in [5.41, 5.74) is 7.29. The first-order valence-corrected chi connectivity index (χ1v) is 6.83. The lowest BCUT2D eigenvalue weighted by Gasteiger charge is -2.22. The van der Waals surface area contributed by atoms with E-state index >= 15 is 0 Å². The Morgan fingerprint density at radius 1 is 1.39 bits per heavy atom. The highest BCUT2D eigenvalue weighted by Gasteiger charge is 2.23. The van der Waals surface area contributed by atoms with Crippen LogP contribution in [0.2, 0.25) is 0 Å². The Balaban J connectivity index is 2.73.